The minimum absolute atomic E-state index is 0.0903. The number of alkyl halides is 1. The van der Waals surface area contributed by atoms with Crippen LogP contribution in [0.3, 0.4) is 0 Å². The van der Waals surface area contributed by atoms with Crippen LogP contribution in [0.15, 0.2) is 30.6 Å². The van der Waals surface area contributed by atoms with Crippen molar-refractivity contribution in [3.63, 3.8) is 0 Å². The average Bonchev–Trinajstić information content (AvgIpc) is 3.31. The Kier molecular flexibility index (Phi) is 7.96. The Morgan fingerprint density at radius 3 is 2.57 bits per heavy atom. The van der Waals surface area contributed by atoms with Crippen molar-refractivity contribution in [2.75, 3.05) is 39.4 Å². The monoisotopic (exact) mass is 488 g/mol. The highest BCUT2D eigenvalue weighted by molar-refractivity contribution is 5.95. The van der Waals surface area contributed by atoms with Gasteiger partial charge >= 0.3 is 0 Å². The van der Waals surface area contributed by atoms with Crippen LogP contribution in [0.25, 0.3) is 11.3 Å². The highest BCUT2D eigenvalue weighted by atomic mass is 19.1. The van der Waals surface area contributed by atoms with Crippen LogP contribution in [0.4, 0.5) is 8.78 Å². The Bertz CT molecular complexity index is 1000. The van der Waals surface area contributed by atoms with E-state index in [0.717, 1.165) is 38.8 Å². The maximum absolute atomic E-state index is 14.8. The van der Waals surface area contributed by atoms with Crippen molar-refractivity contribution >= 4 is 5.91 Å². The van der Waals surface area contributed by atoms with Gasteiger partial charge < -0.3 is 19.6 Å². The maximum Gasteiger partial charge on any atom is 0.254 e. The van der Waals surface area contributed by atoms with Crippen molar-refractivity contribution in [1.29, 1.82) is 0 Å². The molecule has 1 aromatic heterocycles. The van der Waals surface area contributed by atoms with E-state index in [-0.39, 0.29) is 29.7 Å². The maximum atomic E-state index is 14.8. The molecule has 0 bridgehead atoms. The van der Waals surface area contributed by atoms with Crippen LogP contribution in [-0.2, 0) is 0 Å². The van der Waals surface area contributed by atoms with E-state index < -0.39 is 11.5 Å². The van der Waals surface area contributed by atoms with Crippen LogP contribution in [0.5, 0.6) is 5.88 Å². The predicted molar refractivity (Wildman–Crippen MR) is 128 cm³/mol. The molecule has 190 valence electrons. The minimum Gasteiger partial charge on any atom is -0.476 e. The number of aliphatic hydroxyl groups excluding tert-OH is 1. The number of hydrogen-bond acceptors (Lipinski definition) is 6. The van der Waals surface area contributed by atoms with Crippen LogP contribution < -0.4 is 4.74 Å². The molecule has 2 aromatic rings. The highest BCUT2D eigenvalue weighted by Crippen LogP contribution is 2.26. The van der Waals surface area contributed by atoms with Gasteiger partial charge in [-0.2, -0.15) is 0 Å². The molecule has 1 aromatic carbocycles. The van der Waals surface area contributed by atoms with Crippen LogP contribution in [0.1, 0.15) is 49.9 Å². The Morgan fingerprint density at radius 1 is 1.17 bits per heavy atom. The van der Waals surface area contributed by atoms with E-state index in [4.69, 9.17) is 4.74 Å². The fourth-order valence-corrected chi connectivity index (χ4v) is 4.89. The molecule has 35 heavy (non-hydrogen) atoms. The molecular formula is C26H34F2N4O3. The molecule has 7 nitrogen and oxygen atoms in total. The van der Waals surface area contributed by atoms with Gasteiger partial charge in [-0.05, 0) is 76.7 Å². The lowest BCUT2D eigenvalue weighted by atomic mass is 9.97. The third-order valence-electron chi connectivity index (χ3n) is 6.74. The number of ether oxygens (including phenoxy) is 1. The number of aliphatic hydroxyl groups is 1. The molecule has 2 aliphatic rings. The summed E-state index contributed by atoms with van der Waals surface area (Å²) in [6.45, 7) is 6.34. The number of likely N-dealkylation sites (tertiary alicyclic amines) is 2. The molecule has 2 fully saturated rings. The molecule has 4 rings (SSSR count). The number of aromatic nitrogens is 2. The summed E-state index contributed by atoms with van der Waals surface area (Å²) in [7, 11) is 0. The smallest absolute Gasteiger partial charge is 0.254 e. The Hall–Kier alpha value is -2.65. The van der Waals surface area contributed by atoms with E-state index >= 15 is 0 Å². The minimum atomic E-state index is -1.19. The number of amides is 1. The number of nitrogens with zero attached hydrogens (tertiary/aromatic N) is 4. The summed E-state index contributed by atoms with van der Waals surface area (Å²) in [6, 6.07) is 4.12. The quantitative estimate of drug-likeness (QED) is 0.610. The third-order valence-corrected chi connectivity index (χ3v) is 6.74. The summed E-state index contributed by atoms with van der Waals surface area (Å²) < 4.78 is 34.5. The number of halogens is 2. The van der Waals surface area contributed by atoms with Gasteiger partial charge in [0, 0.05) is 24.2 Å². The molecule has 0 aliphatic carbocycles. The van der Waals surface area contributed by atoms with Crippen molar-refractivity contribution in [2.45, 2.75) is 51.2 Å². The number of piperidine rings is 1. The van der Waals surface area contributed by atoms with Gasteiger partial charge in [-0.1, -0.05) is 0 Å². The second-order valence-corrected chi connectivity index (χ2v) is 10.2. The van der Waals surface area contributed by atoms with E-state index in [2.05, 4.69) is 14.9 Å². The molecule has 0 radical (unpaired) electrons. The standard InChI is InChI=1S/C26H34F2N4O3/c1-26(2,28)17-31-10-7-18(8-11-31)16-35-24-14-29-23(13-30-24)21-6-5-19(12-22(21)27)25(34)32-9-3-4-20(32)15-33/h5-6,12-14,18,20,33H,3-4,7-11,15-17H2,1-2H3/t20-/m1/s1. The summed E-state index contributed by atoms with van der Waals surface area (Å²) in [5, 5.41) is 9.45. The van der Waals surface area contributed by atoms with E-state index in [1.807, 2.05) is 0 Å². The van der Waals surface area contributed by atoms with Gasteiger partial charge in [-0.25, -0.2) is 18.7 Å². The van der Waals surface area contributed by atoms with Gasteiger partial charge in [0.2, 0.25) is 5.88 Å². The number of hydrogen-bond donors (Lipinski definition) is 1. The second-order valence-electron chi connectivity index (χ2n) is 10.2. The van der Waals surface area contributed by atoms with E-state index in [1.54, 1.807) is 24.8 Å². The zero-order valence-corrected chi connectivity index (χ0v) is 20.4. The first-order valence-electron chi connectivity index (χ1n) is 12.3. The Balaban J connectivity index is 1.31. The fraction of sp³-hybridized carbons (Fsp3) is 0.577. The molecule has 0 spiro atoms. The van der Waals surface area contributed by atoms with E-state index in [0.29, 0.717) is 37.2 Å². The van der Waals surface area contributed by atoms with Crippen molar-refractivity contribution < 1.29 is 23.4 Å². The molecule has 9 heteroatoms. The fourth-order valence-electron chi connectivity index (χ4n) is 4.89. The van der Waals surface area contributed by atoms with Crippen molar-refractivity contribution in [2.24, 2.45) is 5.92 Å². The summed E-state index contributed by atoms with van der Waals surface area (Å²) >= 11 is 0. The molecule has 1 amide bonds. The topological polar surface area (TPSA) is 78.8 Å². The largest absolute Gasteiger partial charge is 0.476 e. The summed E-state index contributed by atoms with van der Waals surface area (Å²) in [5.74, 6) is -0.0841. The van der Waals surface area contributed by atoms with Crippen LogP contribution in [0, 0.1) is 11.7 Å². The average molecular weight is 489 g/mol. The zero-order valence-electron chi connectivity index (χ0n) is 20.4. The number of benzene rings is 1. The molecule has 2 saturated heterocycles. The molecule has 0 unspecified atom stereocenters. The Labute approximate surface area is 205 Å². The first-order chi connectivity index (χ1) is 16.7. The zero-order chi connectivity index (χ0) is 25.0. The van der Waals surface area contributed by atoms with E-state index in [9.17, 15) is 18.7 Å². The molecule has 1 N–H and O–H groups in total. The summed E-state index contributed by atoms with van der Waals surface area (Å²) in [6.07, 6.45) is 6.40. The highest BCUT2D eigenvalue weighted by Gasteiger charge is 2.29. The molecule has 0 saturated carbocycles. The van der Waals surface area contributed by atoms with Gasteiger partial charge in [0.05, 0.1) is 37.3 Å². The van der Waals surface area contributed by atoms with Crippen LogP contribution >= 0.6 is 0 Å². The first-order valence-corrected chi connectivity index (χ1v) is 12.3. The lowest BCUT2D eigenvalue weighted by Crippen LogP contribution is -2.41. The SMILES string of the molecule is CC(C)(F)CN1CCC(COc2cnc(-c3ccc(C(=O)N4CCC[C@@H]4CO)cc3F)cn2)CC1. The Morgan fingerprint density at radius 2 is 1.94 bits per heavy atom. The van der Waals surface area contributed by atoms with Gasteiger partial charge in [-0.15, -0.1) is 0 Å². The number of carbonyl (C=O) groups is 1. The first kappa shape index (κ1) is 25.4. The molecule has 1 atom stereocenters. The summed E-state index contributed by atoms with van der Waals surface area (Å²) in [4.78, 5) is 25.0. The third kappa shape index (κ3) is 6.52. The lowest BCUT2D eigenvalue weighted by Gasteiger charge is -2.34. The van der Waals surface area contributed by atoms with E-state index in [1.165, 1.54) is 24.5 Å². The van der Waals surface area contributed by atoms with Gasteiger partial charge in [-0.3, -0.25) is 4.79 Å². The van der Waals surface area contributed by atoms with Gasteiger partial charge in [0.1, 0.15) is 11.5 Å². The normalized spacial score (nSPS) is 19.8. The number of carbonyl (C=O) groups excluding carboxylic acids is 1. The molecular weight excluding hydrogens is 454 g/mol. The van der Waals surface area contributed by atoms with Gasteiger partial charge in [0.25, 0.3) is 5.91 Å². The van der Waals surface area contributed by atoms with Crippen LogP contribution in [-0.4, -0.2) is 81.9 Å². The number of rotatable bonds is 8. The summed E-state index contributed by atoms with van der Waals surface area (Å²) in [5.41, 5.74) is -0.331. The molecule has 3 heterocycles. The molecule has 2 aliphatic heterocycles. The second kappa shape index (κ2) is 11.0. The van der Waals surface area contributed by atoms with Gasteiger partial charge in [0.15, 0.2) is 0 Å². The van der Waals surface area contributed by atoms with Crippen molar-refractivity contribution in [1.82, 2.24) is 19.8 Å². The van der Waals surface area contributed by atoms with Crippen molar-refractivity contribution in [3.8, 4) is 17.1 Å². The van der Waals surface area contributed by atoms with Crippen molar-refractivity contribution in [3.05, 3.63) is 42.0 Å². The predicted octanol–water partition coefficient (Wildman–Crippen LogP) is 3.72. The van der Waals surface area contributed by atoms with Crippen LogP contribution in [0.2, 0.25) is 0 Å². The lowest BCUT2D eigenvalue weighted by molar-refractivity contribution is 0.0677.